The van der Waals surface area contributed by atoms with E-state index in [2.05, 4.69) is 161 Å². The monoisotopic (exact) mass is 641 g/mol. The van der Waals surface area contributed by atoms with E-state index in [0.29, 0.717) is 72.1 Å². The van der Waals surface area contributed by atoms with Gasteiger partial charge in [-0.25, -0.2) is 0 Å². The molecule has 3 aliphatic rings. The molecule has 6 nitrogen and oxygen atoms in total. The lowest BCUT2D eigenvalue weighted by Crippen LogP contribution is -2.92. The first-order chi connectivity index (χ1) is 19.3. The van der Waals surface area contributed by atoms with E-state index in [1.807, 2.05) is 0 Å². The molecular formula is C33H67N6P2S+. The lowest BCUT2D eigenvalue weighted by molar-refractivity contribution is -0.674. The second-order valence-electron chi connectivity index (χ2n) is 15.4. The van der Waals surface area contributed by atoms with Gasteiger partial charge >= 0.3 is 5.45 Å². The first kappa shape index (κ1) is 36.7. The van der Waals surface area contributed by atoms with Crippen molar-refractivity contribution in [2.45, 2.75) is 177 Å². The van der Waals surface area contributed by atoms with Crippen LogP contribution in [0, 0.1) is 17.8 Å². The highest BCUT2D eigenvalue weighted by molar-refractivity contribution is 8.46. The minimum atomic E-state index is -2.39. The molecular weight excluding hydrogens is 574 g/mol. The van der Waals surface area contributed by atoms with Gasteiger partial charge in [0.2, 0.25) is 5.53 Å². The summed E-state index contributed by atoms with van der Waals surface area (Å²) in [6.07, 6.45) is 6.27. The van der Waals surface area contributed by atoms with Crippen LogP contribution in [0.25, 0.3) is 0 Å². The van der Waals surface area contributed by atoms with Gasteiger partial charge in [-0.15, -0.1) is 5.01 Å². The third-order valence-electron chi connectivity index (χ3n) is 9.66. The van der Waals surface area contributed by atoms with Crippen LogP contribution in [0.4, 0.5) is 0 Å². The maximum Gasteiger partial charge on any atom is 0.332 e. The summed E-state index contributed by atoms with van der Waals surface area (Å²) in [5, 5.41) is 7.00. The number of hydrogen-bond acceptors (Lipinski definition) is 6. The van der Waals surface area contributed by atoms with Crippen molar-refractivity contribution in [1.29, 1.82) is 0 Å². The SMILES string of the molecule is CC(C)N(C(C)C)C(P)(N(C(C)C)C(C)C)N1[NH+]=C([P+]([S-])(N(C(C)C)C(C)C)N(C(C)C)C(C)C)[C@H]2C3C=CC(C3)[C@H]21. The van der Waals surface area contributed by atoms with Crippen molar-refractivity contribution in [3.05, 3.63) is 12.2 Å². The zero-order chi connectivity index (χ0) is 32.2. The fourth-order valence-electron chi connectivity index (χ4n) is 9.25. The van der Waals surface area contributed by atoms with Gasteiger partial charge in [-0.05, 0) is 123 Å². The Bertz CT molecular complexity index is 906. The summed E-state index contributed by atoms with van der Waals surface area (Å²) in [5.41, 5.74) is 0.991. The van der Waals surface area contributed by atoms with Crippen molar-refractivity contribution in [2.75, 3.05) is 0 Å². The van der Waals surface area contributed by atoms with Crippen LogP contribution in [0.15, 0.2) is 12.2 Å². The molecule has 0 radical (unpaired) electrons. The largest absolute Gasteiger partial charge is 0.507 e. The fraction of sp³-hybridized carbons (Fsp3) is 0.909. The molecule has 0 aromatic carbocycles. The smallest absolute Gasteiger partial charge is 0.332 e. The Morgan fingerprint density at radius 2 is 1.05 bits per heavy atom. The van der Waals surface area contributed by atoms with Crippen LogP contribution in [-0.2, 0) is 12.2 Å². The molecule has 0 amide bonds. The van der Waals surface area contributed by atoms with Gasteiger partial charge in [-0.2, -0.15) is 9.34 Å². The van der Waals surface area contributed by atoms with Crippen molar-refractivity contribution in [1.82, 2.24) is 24.1 Å². The van der Waals surface area contributed by atoms with E-state index in [-0.39, 0.29) is 0 Å². The van der Waals surface area contributed by atoms with Crippen molar-refractivity contribution < 1.29 is 5.10 Å². The van der Waals surface area contributed by atoms with Crippen molar-refractivity contribution >= 4 is 33.7 Å². The van der Waals surface area contributed by atoms with E-state index in [4.69, 9.17) is 12.2 Å². The quantitative estimate of drug-likeness (QED) is 0.106. The van der Waals surface area contributed by atoms with Gasteiger partial charge < -0.3 is 12.2 Å². The molecule has 9 heteroatoms. The number of fused-ring (bicyclic) bond motifs is 5. The van der Waals surface area contributed by atoms with Crippen molar-refractivity contribution in [3.8, 4) is 0 Å². The summed E-state index contributed by atoms with van der Waals surface area (Å²) in [6.45, 7) is 35.3. The molecule has 2 aliphatic carbocycles. The zero-order valence-corrected chi connectivity index (χ0v) is 32.8. The molecule has 2 bridgehead atoms. The van der Waals surface area contributed by atoms with Crippen LogP contribution in [-0.4, -0.2) is 89.5 Å². The molecule has 0 saturated heterocycles. The number of rotatable bonds is 14. The standard InChI is InChI=1S/C33H66N6P2S/c1-20(2)35(21(3)4)33(40,36(22(5)6)23(7)8)39-31-29-18-17-28(19-29)30(31)32(34-39)41(42,37(24(9)10)25(11)12)38(26(13)14)27(15)16/h17-18,20-31H,19,40H2,1-16H3/p+1/t28?,29?,30-,31+/m0/s1. The number of nitrogens with zero attached hydrogens (tertiary/aromatic N) is 5. The van der Waals surface area contributed by atoms with Gasteiger partial charge in [0, 0.05) is 54.3 Å². The molecule has 1 N–H and O–H groups in total. The molecule has 0 aromatic heterocycles. The summed E-state index contributed by atoms with van der Waals surface area (Å²) < 4.78 is 5.44. The predicted molar refractivity (Wildman–Crippen MR) is 191 cm³/mol. The van der Waals surface area contributed by atoms with Crippen LogP contribution in [0.1, 0.15) is 117 Å². The molecule has 1 saturated carbocycles. The second-order valence-corrected chi connectivity index (χ2v) is 20.2. The highest BCUT2D eigenvalue weighted by Gasteiger charge is 2.70. The summed E-state index contributed by atoms with van der Waals surface area (Å²) in [7, 11) is 3.42. The third-order valence-corrected chi connectivity index (χ3v) is 16.4. The molecule has 244 valence electrons. The average Bonchev–Trinajstić information content (AvgIpc) is 3.50. The Kier molecular flexibility index (Phi) is 11.8. The van der Waals surface area contributed by atoms with Gasteiger partial charge in [0.15, 0.2) is 0 Å². The highest BCUT2D eigenvalue weighted by atomic mass is 32.7. The molecule has 1 fully saturated rings. The maximum atomic E-state index is 7.24. The van der Waals surface area contributed by atoms with E-state index in [0.717, 1.165) is 0 Å². The molecule has 0 spiro atoms. The van der Waals surface area contributed by atoms with E-state index in [1.54, 1.807) is 0 Å². The second kappa shape index (κ2) is 13.5. The molecule has 1 aliphatic heterocycles. The van der Waals surface area contributed by atoms with E-state index >= 15 is 0 Å². The number of hydrazine groups is 1. The van der Waals surface area contributed by atoms with E-state index in [9.17, 15) is 0 Å². The summed E-state index contributed by atoms with van der Waals surface area (Å²) in [5.74, 6) is 1.45. The Morgan fingerprint density at radius 1 is 0.690 bits per heavy atom. The van der Waals surface area contributed by atoms with Crippen molar-refractivity contribution in [2.24, 2.45) is 17.8 Å². The van der Waals surface area contributed by atoms with E-state index in [1.165, 1.54) is 11.9 Å². The van der Waals surface area contributed by atoms with Crippen LogP contribution in [0.5, 0.6) is 0 Å². The third kappa shape index (κ3) is 6.05. The number of hydrazone groups is 1. The molecule has 42 heavy (non-hydrogen) atoms. The number of nitrogens with one attached hydrogen (secondary N) is 1. The Labute approximate surface area is 269 Å². The summed E-state index contributed by atoms with van der Waals surface area (Å²) in [6, 6.07) is 3.17. The topological polar surface area (TPSA) is 30.2 Å². The number of hydrogen-bond donors (Lipinski definition) is 1. The van der Waals surface area contributed by atoms with E-state index < -0.39 is 12.3 Å². The first-order valence-electron chi connectivity index (χ1n) is 16.9. The molecule has 5 atom stereocenters. The van der Waals surface area contributed by atoms with Gasteiger partial charge in [-0.1, -0.05) is 26.5 Å². The minimum Gasteiger partial charge on any atom is -0.507 e. The highest BCUT2D eigenvalue weighted by Crippen LogP contribution is 2.71. The molecule has 3 rings (SSSR count). The van der Waals surface area contributed by atoms with Gasteiger partial charge in [0.1, 0.15) is 18.7 Å². The summed E-state index contributed by atoms with van der Waals surface area (Å²) >= 11 is 7.24. The Balaban J connectivity index is 2.45. The maximum absolute atomic E-state index is 7.24. The van der Waals surface area contributed by atoms with Crippen LogP contribution >= 0.6 is 16.0 Å². The predicted octanol–water partition coefficient (Wildman–Crippen LogP) is 6.16. The summed E-state index contributed by atoms with van der Waals surface area (Å²) in [4.78, 5) is 5.43. The Morgan fingerprint density at radius 3 is 1.38 bits per heavy atom. The normalized spacial score (nSPS) is 25.0. The van der Waals surface area contributed by atoms with Gasteiger partial charge in [0.25, 0.3) is 0 Å². The number of allylic oxidation sites excluding steroid dienone is 1. The first-order valence-corrected chi connectivity index (χ1v) is 20.2. The van der Waals surface area contributed by atoms with Crippen LogP contribution < -0.4 is 5.10 Å². The zero-order valence-electron chi connectivity index (χ0n) is 30.0. The molecule has 0 aromatic rings. The molecule has 3 unspecified atom stereocenters. The Hall–Kier alpha value is 0.260. The van der Waals surface area contributed by atoms with Crippen LogP contribution in [0.2, 0.25) is 0 Å². The minimum absolute atomic E-state index is 0.346. The fourth-order valence-corrected chi connectivity index (χ4v) is 17.6. The van der Waals surface area contributed by atoms with Crippen LogP contribution in [0.3, 0.4) is 0 Å². The van der Waals surface area contributed by atoms with Gasteiger partial charge in [-0.3, -0.25) is 9.80 Å². The van der Waals surface area contributed by atoms with Gasteiger partial charge in [0.05, 0.1) is 0 Å². The average molecular weight is 642 g/mol. The lowest BCUT2D eigenvalue weighted by Gasteiger charge is -2.57. The molecule has 1 heterocycles. The lowest BCUT2D eigenvalue weighted by atomic mass is 9.90. The van der Waals surface area contributed by atoms with Crippen molar-refractivity contribution in [3.63, 3.8) is 0 Å².